The number of aryl methyl sites for hydroxylation is 1. The lowest BCUT2D eigenvalue weighted by molar-refractivity contribution is -0.149. The molecule has 0 amide bonds. The molecule has 1 unspecified atom stereocenters. The van der Waals surface area contributed by atoms with E-state index < -0.39 is 39.4 Å². The van der Waals surface area contributed by atoms with E-state index in [1.54, 1.807) is 0 Å². The van der Waals surface area contributed by atoms with Crippen molar-refractivity contribution >= 4 is 21.7 Å². The van der Waals surface area contributed by atoms with Gasteiger partial charge >= 0.3 is 5.97 Å². The molecule has 112 valence electrons. The van der Waals surface area contributed by atoms with E-state index in [-0.39, 0.29) is 11.3 Å². The number of rotatable bonds is 5. The standard InChI is InChI=1S/C11H15FN2O5S/c1-6-3-7(13)4-9(10(6)12)20(17,18)14-5-8(15)11(16)19-2/h3-4,8,14-15H,5,13H2,1-2H3. The maximum atomic E-state index is 13.8. The number of benzene rings is 1. The number of carbonyl (C=O) groups excluding carboxylic acids is 1. The predicted octanol–water partition coefficient (Wildman–Crippen LogP) is -0.471. The maximum absolute atomic E-state index is 13.8. The fourth-order valence-corrected chi connectivity index (χ4v) is 2.67. The highest BCUT2D eigenvalue weighted by Gasteiger charge is 2.24. The Morgan fingerprint density at radius 2 is 2.15 bits per heavy atom. The lowest BCUT2D eigenvalue weighted by Gasteiger charge is -2.12. The Kier molecular flexibility index (Phi) is 5.03. The number of methoxy groups -OCH3 is 1. The quantitative estimate of drug-likeness (QED) is 0.500. The van der Waals surface area contributed by atoms with Crippen molar-refractivity contribution in [2.45, 2.75) is 17.9 Å². The third-order valence-corrected chi connectivity index (χ3v) is 3.90. The summed E-state index contributed by atoms with van der Waals surface area (Å²) >= 11 is 0. The lowest BCUT2D eigenvalue weighted by Crippen LogP contribution is -2.37. The first kappa shape index (κ1) is 16.3. The van der Waals surface area contributed by atoms with Crippen LogP contribution in [0.5, 0.6) is 0 Å². The van der Waals surface area contributed by atoms with E-state index in [9.17, 15) is 22.7 Å². The van der Waals surface area contributed by atoms with E-state index in [1.807, 2.05) is 4.72 Å². The second kappa shape index (κ2) is 6.16. The highest BCUT2D eigenvalue weighted by atomic mass is 32.2. The minimum absolute atomic E-state index is 0.0684. The van der Waals surface area contributed by atoms with Gasteiger partial charge in [-0.15, -0.1) is 0 Å². The number of aliphatic hydroxyl groups excluding tert-OH is 1. The van der Waals surface area contributed by atoms with Gasteiger partial charge in [0, 0.05) is 12.2 Å². The summed E-state index contributed by atoms with van der Waals surface area (Å²) < 4.78 is 43.7. The highest BCUT2D eigenvalue weighted by molar-refractivity contribution is 7.89. The topological polar surface area (TPSA) is 119 Å². The van der Waals surface area contributed by atoms with Crippen molar-refractivity contribution < 1.29 is 27.4 Å². The molecule has 9 heteroatoms. The number of sulfonamides is 1. The van der Waals surface area contributed by atoms with Gasteiger partial charge in [-0.2, -0.15) is 0 Å². The Morgan fingerprint density at radius 3 is 2.70 bits per heavy atom. The molecule has 1 aromatic rings. The van der Waals surface area contributed by atoms with Gasteiger partial charge in [0.05, 0.1) is 7.11 Å². The number of nitrogens with one attached hydrogen (secondary N) is 1. The van der Waals surface area contributed by atoms with Gasteiger partial charge in [-0.25, -0.2) is 22.3 Å². The molecule has 0 aliphatic rings. The van der Waals surface area contributed by atoms with Crippen LogP contribution in [-0.4, -0.2) is 39.3 Å². The summed E-state index contributed by atoms with van der Waals surface area (Å²) in [6.07, 6.45) is -1.68. The van der Waals surface area contributed by atoms with E-state index in [4.69, 9.17) is 5.73 Å². The SMILES string of the molecule is COC(=O)C(O)CNS(=O)(=O)c1cc(N)cc(C)c1F. The van der Waals surface area contributed by atoms with Crippen molar-refractivity contribution in [1.29, 1.82) is 0 Å². The molecule has 0 fully saturated rings. The van der Waals surface area contributed by atoms with Gasteiger partial charge in [0.25, 0.3) is 0 Å². The smallest absolute Gasteiger partial charge is 0.336 e. The number of hydrogen-bond donors (Lipinski definition) is 3. The second-order valence-electron chi connectivity index (χ2n) is 4.04. The number of esters is 1. The van der Waals surface area contributed by atoms with Gasteiger partial charge in [0.15, 0.2) is 6.10 Å². The number of ether oxygens (including phenoxy) is 1. The summed E-state index contributed by atoms with van der Waals surface area (Å²) in [6, 6.07) is 2.24. The number of halogens is 1. The van der Waals surface area contributed by atoms with Crippen molar-refractivity contribution in [3.05, 3.63) is 23.5 Å². The summed E-state index contributed by atoms with van der Waals surface area (Å²) in [6.45, 7) is 0.732. The van der Waals surface area contributed by atoms with Crippen LogP contribution >= 0.6 is 0 Å². The summed E-state index contributed by atoms with van der Waals surface area (Å²) in [4.78, 5) is 10.3. The third-order valence-electron chi connectivity index (χ3n) is 2.47. The molecule has 1 atom stereocenters. The van der Waals surface area contributed by atoms with Crippen molar-refractivity contribution in [3.63, 3.8) is 0 Å². The maximum Gasteiger partial charge on any atom is 0.336 e. The largest absolute Gasteiger partial charge is 0.467 e. The highest BCUT2D eigenvalue weighted by Crippen LogP contribution is 2.21. The molecule has 0 heterocycles. The Bertz CT molecular complexity index is 617. The molecule has 0 bridgehead atoms. The number of nitrogens with two attached hydrogens (primary N) is 1. The number of carbonyl (C=O) groups is 1. The van der Waals surface area contributed by atoms with Crippen molar-refractivity contribution in [2.75, 3.05) is 19.4 Å². The average molecular weight is 306 g/mol. The van der Waals surface area contributed by atoms with Crippen LogP contribution < -0.4 is 10.5 Å². The molecule has 0 saturated carbocycles. The molecule has 0 aliphatic heterocycles. The van der Waals surface area contributed by atoms with Crippen LogP contribution in [0.3, 0.4) is 0 Å². The molecular weight excluding hydrogens is 291 g/mol. The molecular formula is C11H15FN2O5S. The van der Waals surface area contributed by atoms with E-state index >= 15 is 0 Å². The van der Waals surface area contributed by atoms with E-state index in [0.29, 0.717) is 0 Å². The molecule has 20 heavy (non-hydrogen) atoms. The number of nitrogen functional groups attached to an aromatic ring is 1. The predicted molar refractivity (Wildman–Crippen MR) is 68.8 cm³/mol. The van der Waals surface area contributed by atoms with Crippen LogP contribution in [0.1, 0.15) is 5.56 Å². The number of aliphatic hydroxyl groups is 1. The fourth-order valence-electron chi connectivity index (χ4n) is 1.45. The van der Waals surface area contributed by atoms with Crippen LogP contribution in [0.4, 0.5) is 10.1 Å². The first-order valence-corrected chi connectivity index (χ1v) is 6.98. The van der Waals surface area contributed by atoms with Gasteiger partial charge in [-0.1, -0.05) is 0 Å². The molecule has 0 aromatic heterocycles. The first-order valence-electron chi connectivity index (χ1n) is 5.50. The van der Waals surface area contributed by atoms with Gasteiger partial charge in [0.2, 0.25) is 10.0 Å². The Morgan fingerprint density at radius 1 is 1.55 bits per heavy atom. The molecule has 0 saturated heterocycles. The van der Waals surface area contributed by atoms with Gasteiger partial charge in [0.1, 0.15) is 10.7 Å². The number of anilines is 1. The zero-order valence-electron chi connectivity index (χ0n) is 10.9. The Labute approximate surface area is 115 Å². The zero-order valence-corrected chi connectivity index (χ0v) is 11.7. The monoisotopic (exact) mass is 306 g/mol. The number of hydrogen-bond acceptors (Lipinski definition) is 6. The molecule has 1 rings (SSSR count). The molecule has 1 aromatic carbocycles. The normalized spacial score (nSPS) is 13.0. The fraction of sp³-hybridized carbons (Fsp3) is 0.364. The van der Waals surface area contributed by atoms with E-state index in [0.717, 1.165) is 13.2 Å². The summed E-state index contributed by atoms with van der Waals surface area (Å²) in [7, 11) is -3.20. The summed E-state index contributed by atoms with van der Waals surface area (Å²) in [5, 5.41) is 9.29. The second-order valence-corrected chi connectivity index (χ2v) is 5.78. The Balaban J connectivity index is 2.98. The zero-order chi connectivity index (χ0) is 15.5. The minimum Gasteiger partial charge on any atom is -0.467 e. The van der Waals surface area contributed by atoms with Gasteiger partial charge in [-0.05, 0) is 24.6 Å². The van der Waals surface area contributed by atoms with Crippen LogP contribution in [0.2, 0.25) is 0 Å². The molecule has 4 N–H and O–H groups in total. The van der Waals surface area contributed by atoms with Gasteiger partial charge in [-0.3, -0.25) is 0 Å². The van der Waals surface area contributed by atoms with E-state index in [1.165, 1.54) is 13.0 Å². The van der Waals surface area contributed by atoms with Crippen LogP contribution in [0.15, 0.2) is 17.0 Å². The van der Waals surface area contributed by atoms with Crippen molar-refractivity contribution in [1.82, 2.24) is 4.72 Å². The molecule has 7 nitrogen and oxygen atoms in total. The Hall–Kier alpha value is -1.71. The van der Waals surface area contributed by atoms with Crippen LogP contribution in [0.25, 0.3) is 0 Å². The van der Waals surface area contributed by atoms with Crippen molar-refractivity contribution in [3.8, 4) is 0 Å². The molecule has 0 radical (unpaired) electrons. The van der Waals surface area contributed by atoms with E-state index in [2.05, 4.69) is 4.74 Å². The summed E-state index contributed by atoms with van der Waals surface area (Å²) in [5.74, 6) is -1.95. The molecule has 0 aliphatic carbocycles. The van der Waals surface area contributed by atoms with Crippen LogP contribution in [-0.2, 0) is 19.6 Å². The summed E-state index contributed by atoms with van der Waals surface area (Å²) in [5.41, 5.74) is 5.62. The lowest BCUT2D eigenvalue weighted by atomic mass is 10.2. The minimum atomic E-state index is -4.25. The first-order chi connectivity index (χ1) is 9.19. The average Bonchev–Trinajstić information content (AvgIpc) is 2.39. The van der Waals surface area contributed by atoms with Crippen LogP contribution in [0, 0.1) is 12.7 Å². The third kappa shape index (κ3) is 3.65. The van der Waals surface area contributed by atoms with Gasteiger partial charge < -0.3 is 15.6 Å². The molecule has 0 spiro atoms. The van der Waals surface area contributed by atoms with Crippen molar-refractivity contribution in [2.24, 2.45) is 0 Å².